The maximum atomic E-state index is 13.0. The molecule has 100 heavy (non-hydrogen) atoms. The first-order valence-corrected chi connectivity index (χ1v) is 32.4. The predicted octanol–water partition coefficient (Wildman–Crippen LogP) is 13.5. The summed E-state index contributed by atoms with van der Waals surface area (Å²) in [5.41, 5.74) is 7.71. The van der Waals surface area contributed by atoms with E-state index in [1.807, 2.05) is 140 Å². The Kier molecular flexibility index (Phi) is 24.6. The van der Waals surface area contributed by atoms with E-state index in [1.54, 1.807) is 107 Å². The number of amides is 2. The Balaban J connectivity index is 0.000000175. The van der Waals surface area contributed by atoms with Crippen LogP contribution in [0.2, 0.25) is 15.5 Å². The van der Waals surface area contributed by atoms with Crippen LogP contribution in [0.5, 0.6) is 5.75 Å². The molecule has 0 bridgehead atoms. The highest BCUT2D eigenvalue weighted by Crippen LogP contribution is 2.30. The number of fused-ring (bicyclic) bond motifs is 2. The SMILES string of the molecule is CN(C)c1nc(Cc2cccc(CC(=O)c3ccc4ccccc4c3)c2)nc(Cl)c1CC(=O)O.CN(C)c1nc(Cc2ccccc2NC(=O)c2ccc3ccccc3c2)nc(Cl)c1CC(=O)O.COc1cccc(C(=O)Nc2ccc(Cc3nc(Cl)c(CC(=O)O)c(N(C)C)n3)cc2)c1. The molecule has 3 heterocycles. The van der Waals surface area contributed by atoms with Crippen LogP contribution >= 0.6 is 34.8 Å². The molecule has 0 spiro atoms. The first kappa shape index (κ1) is 72.9. The molecule has 3 aromatic heterocycles. The highest BCUT2D eigenvalue weighted by Gasteiger charge is 2.22. The number of carboxylic acids is 3. The van der Waals surface area contributed by atoms with E-state index in [-0.39, 0.29) is 58.7 Å². The number of carbonyl (C=O) groups excluding carboxylic acids is 3. The van der Waals surface area contributed by atoms with Gasteiger partial charge < -0.3 is 45.4 Å². The molecular weight excluding hydrogens is 1330 g/mol. The summed E-state index contributed by atoms with van der Waals surface area (Å²) >= 11 is 18.9. The van der Waals surface area contributed by atoms with Gasteiger partial charge in [0.05, 0.1) is 26.4 Å². The number of carboxylic acid groups (broad SMARTS) is 3. The Morgan fingerprint density at radius 2 is 0.830 bits per heavy atom. The summed E-state index contributed by atoms with van der Waals surface area (Å²) in [6.45, 7) is 0. The maximum Gasteiger partial charge on any atom is 0.308 e. The molecule has 0 unspecified atom stereocenters. The average molecular weight is 1400 g/mol. The van der Waals surface area contributed by atoms with Gasteiger partial charge in [-0.1, -0.05) is 162 Å². The molecule has 0 radical (unpaired) electrons. The summed E-state index contributed by atoms with van der Waals surface area (Å²) in [7, 11) is 12.2. The number of benzene rings is 8. The molecule has 11 aromatic rings. The lowest BCUT2D eigenvalue weighted by Crippen LogP contribution is -2.18. The van der Waals surface area contributed by atoms with Gasteiger partial charge in [0.1, 0.15) is 56.1 Å². The topological polar surface area (TPSA) is 283 Å². The molecule has 11 rings (SSSR count). The number of ether oxygens (including phenoxy) is 1. The molecule has 0 atom stereocenters. The molecule has 5 N–H and O–H groups in total. The summed E-state index contributed by atoms with van der Waals surface area (Å²) in [5.74, 6) is -0.00413. The van der Waals surface area contributed by atoms with E-state index in [9.17, 15) is 39.0 Å². The Labute approximate surface area is 592 Å². The standard InChI is InChI=1S/C27H24ClN3O3.C26H23ClN4O3.C23H23ClN4O4/c1-31(2)27-22(16-25(33)34)26(28)29-24(30-27)14-18-7-5-6-17(12-18)13-23(32)21-11-10-19-8-3-4-9-20(19)15-21;1-31(2)25-20(15-23(32)33)24(27)29-22(30-25)14-18-9-5-6-10-21(18)28-26(34)19-12-11-16-7-3-4-8-17(16)13-19;1-28(2)22-18(13-20(29)30)21(24)26-19(27-22)11-14-7-9-16(10-8-14)25-23(31)15-5-4-6-17(12-15)32-3/h3-12,15H,13-14,16H2,1-2H3,(H,33,34);3-13H,14-15H2,1-2H3,(H,28,34)(H,32,33);4-10,12H,11,13H2,1-3H3,(H,25,31)(H,29,30). The number of methoxy groups -OCH3 is 1. The van der Waals surface area contributed by atoms with Crippen LogP contribution in [0, 0.1) is 0 Å². The van der Waals surface area contributed by atoms with Crippen molar-refractivity contribution in [3.05, 3.63) is 271 Å². The van der Waals surface area contributed by atoms with Crippen LogP contribution in [-0.4, -0.2) is 130 Å². The average Bonchev–Trinajstić information content (AvgIpc) is 0.835. The fourth-order valence-electron chi connectivity index (χ4n) is 10.8. The van der Waals surface area contributed by atoms with Crippen LogP contribution in [0.25, 0.3) is 21.5 Å². The van der Waals surface area contributed by atoms with Gasteiger partial charge >= 0.3 is 17.9 Å². The smallest absolute Gasteiger partial charge is 0.308 e. The molecular formula is C76H70Cl3N11O10. The molecule has 0 saturated heterocycles. The quantitative estimate of drug-likeness (QED) is 0.0294. The van der Waals surface area contributed by atoms with E-state index in [2.05, 4.69) is 40.5 Å². The minimum absolute atomic E-state index is 0.0510. The number of anilines is 5. The lowest BCUT2D eigenvalue weighted by molar-refractivity contribution is -0.137. The molecule has 0 fully saturated rings. The molecule has 510 valence electrons. The molecule has 21 nitrogen and oxygen atoms in total. The van der Waals surface area contributed by atoms with Crippen LogP contribution in [-0.2, 0) is 59.3 Å². The number of aromatic nitrogens is 6. The van der Waals surface area contributed by atoms with Gasteiger partial charge in [-0.25, -0.2) is 29.9 Å². The first-order valence-electron chi connectivity index (χ1n) is 31.2. The van der Waals surface area contributed by atoms with Crippen molar-refractivity contribution >= 4 is 121 Å². The summed E-state index contributed by atoms with van der Waals surface area (Å²) < 4.78 is 5.15. The fourth-order valence-corrected chi connectivity index (χ4v) is 11.5. The zero-order chi connectivity index (χ0) is 71.7. The summed E-state index contributed by atoms with van der Waals surface area (Å²) in [5, 5.41) is 37.9. The molecule has 2 amide bonds. The normalized spacial score (nSPS) is 10.7. The van der Waals surface area contributed by atoms with Gasteiger partial charge in [0, 0.05) is 113 Å². The van der Waals surface area contributed by atoms with Crippen molar-refractivity contribution in [1.82, 2.24) is 29.9 Å². The summed E-state index contributed by atoms with van der Waals surface area (Å²) in [6, 6.07) is 56.6. The number of halogens is 3. The number of nitrogens with one attached hydrogen (secondary N) is 2. The zero-order valence-electron chi connectivity index (χ0n) is 55.6. The highest BCUT2D eigenvalue weighted by molar-refractivity contribution is 6.31. The van der Waals surface area contributed by atoms with Gasteiger partial charge in [-0.2, -0.15) is 0 Å². The van der Waals surface area contributed by atoms with E-state index < -0.39 is 17.9 Å². The number of nitrogens with zero attached hydrogens (tertiary/aromatic N) is 9. The third-order valence-electron chi connectivity index (χ3n) is 15.5. The Morgan fingerprint density at radius 3 is 1.34 bits per heavy atom. The number of aliphatic carboxylic acids is 3. The van der Waals surface area contributed by atoms with E-state index in [0.29, 0.717) is 105 Å². The monoisotopic (exact) mass is 1400 g/mol. The zero-order valence-corrected chi connectivity index (χ0v) is 57.9. The van der Waals surface area contributed by atoms with Crippen LogP contribution in [0.3, 0.4) is 0 Å². The summed E-state index contributed by atoms with van der Waals surface area (Å²) in [6.07, 6.45) is 0.624. The van der Waals surface area contributed by atoms with Gasteiger partial charge in [0.15, 0.2) is 5.78 Å². The lowest BCUT2D eigenvalue weighted by Gasteiger charge is -2.18. The van der Waals surface area contributed by atoms with Crippen molar-refractivity contribution in [3.63, 3.8) is 0 Å². The highest BCUT2D eigenvalue weighted by atomic mass is 35.5. The molecule has 24 heteroatoms. The lowest BCUT2D eigenvalue weighted by atomic mass is 9.98. The third-order valence-corrected chi connectivity index (χ3v) is 16.5. The third kappa shape index (κ3) is 19.7. The van der Waals surface area contributed by atoms with Crippen molar-refractivity contribution in [3.8, 4) is 5.75 Å². The Morgan fingerprint density at radius 1 is 0.400 bits per heavy atom. The predicted molar refractivity (Wildman–Crippen MR) is 391 cm³/mol. The second-order valence-corrected chi connectivity index (χ2v) is 24.7. The number of carbonyl (C=O) groups is 6. The second-order valence-electron chi connectivity index (χ2n) is 23.7. The molecule has 0 aliphatic rings. The number of para-hydroxylation sites is 1. The van der Waals surface area contributed by atoms with Gasteiger partial charge in [0.2, 0.25) is 0 Å². The van der Waals surface area contributed by atoms with Crippen LogP contribution in [0.4, 0.5) is 28.8 Å². The van der Waals surface area contributed by atoms with Crippen molar-refractivity contribution in [2.75, 3.05) is 74.7 Å². The maximum absolute atomic E-state index is 13.0. The Bertz CT molecular complexity index is 4860. The second kappa shape index (κ2) is 33.7. The number of hydrogen-bond donors (Lipinski definition) is 5. The van der Waals surface area contributed by atoms with Crippen molar-refractivity contribution in [2.24, 2.45) is 0 Å². The van der Waals surface area contributed by atoms with Crippen LogP contribution < -0.4 is 30.1 Å². The summed E-state index contributed by atoms with van der Waals surface area (Å²) in [4.78, 5) is 104. The first-order chi connectivity index (χ1) is 47.9. The molecule has 0 aliphatic carbocycles. The van der Waals surface area contributed by atoms with Crippen molar-refractivity contribution in [1.29, 1.82) is 0 Å². The number of Topliss-reactive ketones (excluding diaryl/α,β-unsaturated/α-hetero) is 1. The van der Waals surface area contributed by atoms with E-state index >= 15 is 0 Å². The fraction of sp³-hybridized carbons (Fsp3) is 0.184. The van der Waals surface area contributed by atoms with Crippen molar-refractivity contribution in [2.45, 2.75) is 44.9 Å². The van der Waals surface area contributed by atoms with Gasteiger partial charge in [-0.15, -0.1) is 0 Å². The van der Waals surface area contributed by atoms with Gasteiger partial charge in [-0.05, 0) is 98.4 Å². The van der Waals surface area contributed by atoms with E-state index in [4.69, 9.17) is 44.6 Å². The minimum atomic E-state index is -1.01. The number of ketones is 1. The van der Waals surface area contributed by atoms with E-state index in [1.165, 1.54) is 0 Å². The van der Waals surface area contributed by atoms with Crippen LogP contribution in [0.15, 0.2) is 182 Å². The number of hydrogen-bond acceptors (Lipinski definition) is 16. The molecule has 0 saturated carbocycles. The number of rotatable bonds is 23. The van der Waals surface area contributed by atoms with Crippen LogP contribution in [0.1, 0.15) is 87.5 Å². The molecule has 8 aromatic carbocycles. The van der Waals surface area contributed by atoms with Gasteiger partial charge in [0.25, 0.3) is 11.8 Å². The van der Waals surface area contributed by atoms with Gasteiger partial charge in [-0.3, -0.25) is 28.8 Å². The molecule has 0 aliphatic heterocycles. The van der Waals surface area contributed by atoms with Crippen molar-refractivity contribution < 1.29 is 48.8 Å². The van der Waals surface area contributed by atoms with E-state index in [0.717, 1.165) is 43.8 Å². The minimum Gasteiger partial charge on any atom is -0.497 e. The Hall–Kier alpha value is -11.4. The largest absolute Gasteiger partial charge is 0.497 e.